The number of aliphatic hydroxyl groups is 2. The molecule has 1 aliphatic rings. The quantitative estimate of drug-likeness (QED) is 0.582. The molecule has 0 aromatic carbocycles. The minimum Gasteiger partial charge on any atom is -0.481 e. The SMILES string of the molecule is CCCC(=O)O.CCCC(=O)O.OCC1(CO)CCCO1. The van der Waals surface area contributed by atoms with E-state index in [1.165, 1.54) is 0 Å². The number of aliphatic carboxylic acids is 2. The summed E-state index contributed by atoms with van der Waals surface area (Å²) in [5.74, 6) is -1.42. The minimum absolute atomic E-state index is 0.0660. The van der Waals surface area contributed by atoms with Crippen molar-refractivity contribution in [2.24, 2.45) is 0 Å². The van der Waals surface area contributed by atoms with Gasteiger partial charge in [-0.15, -0.1) is 0 Å². The summed E-state index contributed by atoms with van der Waals surface area (Å²) in [6, 6.07) is 0. The third-order valence-corrected chi connectivity index (χ3v) is 2.69. The van der Waals surface area contributed by atoms with Gasteiger partial charge in [0, 0.05) is 19.4 Å². The number of hydrogen-bond acceptors (Lipinski definition) is 5. The molecule has 0 spiro atoms. The molecule has 7 nitrogen and oxygen atoms in total. The van der Waals surface area contributed by atoms with Gasteiger partial charge in [-0.25, -0.2) is 0 Å². The van der Waals surface area contributed by atoms with Crippen molar-refractivity contribution in [3.63, 3.8) is 0 Å². The summed E-state index contributed by atoms with van der Waals surface area (Å²) >= 11 is 0. The Morgan fingerprint density at radius 2 is 1.43 bits per heavy atom. The Balaban J connectivity index is 0. The average molecular weight is 308 g/mol. The van der Waals surface area contributed by atoms with E-state index in [9.17, 15) is 9.59 Å². The summed E-state index contributed by atoms with van der Waals surface area (Å²) in [5.41, 5.74) is -0.611. The third kappa shape index (κ3) is 13.6. The first-order valence-corrected chi connectivity index (χ1v) is 7.16. The molecule has 126 valence electrons. The number of rotatable bonds is 6. The highest BCUT2D eigenvalue weighted by Gasteiger charge is 2.33. The first kappa shape index (κ1) is 22.1. The molecule has 0 bridgehead atoms. The molecule has 1 fully saturated rings. The van der Waals surface area contributed by atoms with Crippen LogP contribution in [0.4, 0.5) is 0 Å². The van der Waals surface area contributed by atoms with Gasteiger partial charge in [0.1, 0.15) is 5.60 Å². The van der Waals surface area contributed by atoms with Crippen LogP contribution in [-0.2, 0) is 14.3 Å². The van der Waals surface area contributed by atoms with E-state index in [1.54, 1.807) is 0 Å². The van der Waals surface area contributed by atoms with Crippen LogP contribution in [0.25, 0.3) is 0 Å². The maximum atomic E-state index is 9.60. The molecular formula is C14H28O7. The van der Waals surface area contributed by atoms with Crippen LogP contribution in [0.2, 0.25) is 0 Å². The van der Waals surface area contributed by atoms with E-state index in [1.807, 2.05) is 13.8 Å². The molecule has 0 aromatic rings. The zero-order chi connectivity index (χ0) is 16.7. The lowest BCUT2D eigenvalue weighted by molar-refractivity contribution is -0.138. The summed E-state index contributed by atoms with van der Waals surface area (Å²) in [6.07, 6.45) is 3.77. The van der Waals surface area contributed by atoms with E-state index in [0.717, 1.165) is 25.7 Å². The summed E-state index contributed by atoms with van der Waals surface area (Å²) in [4.78, 5) is 19.2. The van der Waals surface area contributed by atoms with Crippen molar-refractivity contribution >= 4 is 11.9 Å². The Bertz CT molecular complexity index is 250. The predicted octanol–water partition coefficient (Wildman–Crippen LogP) is 1.26. The van der Waals surface area contributed by atoms with Crippen LogP contribution in [0, 0.1) is 0 Å². The maximum Gasteiger partial charge on any atom is 0.303 e. The second kappa shape index (κ2) is 13.8. The fraction of sp³-hybridized carbons (Fsp3) is 0.857. The second-order valence-electron chi connectivity index (χ2n) is 4.74. The smallest absolute Gasteiger partial charge is 0.303 e. The van der Waals surface area contributed by atoms with Gasteiger partial charge in [-0.1, -0.05) is 13.8 Å². The van der Waals surface area contributed by atoms with E-state index < -0.39 is 17.5 Å². The van der Waals surface area contributed by atoms with Crippen LogP contribution in [0.1, 0.15) is 52.4 Å². The number of aliphatic hydroxyl groups excluding tert-OH is 2. The summed E-state index contributed by atoms with van der Waals surface area (Å²) in [5, 5.41) is 33.3. The lowest BCUT2D eigenvalue weighted by Crippen LogP contribution is -2.36. The van der Waals surface area contributed by atoms with Crippen molar-refractivity contribution in [1.82, 2.24) is 0 Å². The predicted molar refractivity (Wildman–Crippen MR) is 77.2 cm³/mol. The zero-order valence-electron chi connectivity index (χ0n) is 12.9. The van der Waals surface area contributed by atoms with Crippen LogP contribution >= 0.6 is 0 Å². The van der Waals surface area contributed by atoms with Gasteiger partial charge in [0.05, 0.1) is 13.2 Å². The Morgan fingerprint density at radius 1 is 1.00 bits per heavy atom. The van der Waals surface area contributed by atoms with Crippen molar-refractivity contribution in [3.8, 4) is 0 Å². The van der Waals surface area contributed by atoms with E-state index in [2.05, 4.69) is 0 Å². The fourth-order valence-electron chi connectivity index (χ4n) is 1.48. The van der Waals surface area contributed by atoms with Crippen LogP contribution < -0.4 is 0 Å². The molecule has 1 heterocycles. The van der Waals surface area contributed by atoms with Gasteiger partial charge in [0.2, 0.25) is 0 Å². The van der Waals surface area contributed by atoms with E-state index >= 15 is 0 Å². The highest BCUT2D eigenvalue weighted by atomic mass is 16.5. The molecule has 21 heavy (non-hydrogen) atoms. The monoisotopic (exact) mass is 308 g/mol. The van der Waals surface area contributed by atoms with Crippen molar-refractivity contribution in [2.45, 2.75) is 58.0 Å². The number of carboxylic acid groups (broad SMARTS) is 2. The molecule has 0 aromatic heterocycles. The van der Waals surface area contributed by atoms with E-state index in [-0.39, 0.29) is 13.2 Å². The van der Waals surface area contributed by atoms with Gasteiger partial charge in [-0.2, -0.15) is 0 Å². The van der Waals surface area contributed by atoms with Crippen molar-refractivity contribution < 1.29 is 34.8 Å². The van der Waals surface area contributed by atoms with Gasteiger partial charge < -0.3 is 25.2 Å². The van der Waals surface area contributed by atoms with Gasteiger partial charge in [-0.05, 0) is 25.7 Å². The Morgan fingerprint density at radius 3 is 1.52 bits per heavy atom. The summed E-state index contributed by atoms with van der Waals surface area (Å²) < 4.78 is 5.14. The molecule has 0 aliphatic carbocycles. The molecule has 1 aliphatic heterocycles. The number of hydrogen-bond donors (Lipinski definition) is 4. The van der Waals surface area contributed by atoms with Crippen LogP contribution in [0.5, 0.6) is 0 Å². The van der Waals surface area contributed by atoms with Gasteiger partial charge in [-0.3, -0.25) is 9.59 Å². The molecule has 0 atom stereocenters. The fourth-order valence-corrected chi connectivity index (χ4v) is 1.48. The number of carbonyl (C=O) groups is 2. The zero-order valence-corrected chi connectivity index (χ0v) is 12.9. The lowest BCUT2D eigenvalue weighted by atomic mass is 10.0. The second-order valence-corrected chi connectivity index (χ2v) is 4.74. The first-order valence-electron chi connectivity index (χ1n) is 7.16. The molecule has 0 unspecified atom stereocenters. The standard InChI is InChI=1S/C6H12O3.2C4H8O2/c7-4-6(5-8)2-1-3-9-6;2*1-2-3-4(5)6/h7-8H,1-5H2;2*2-3H2,1H3,(H,5,6). The molecule has 1 rings (SSSR count). The normalized spacial score (nSPS) is 15.2. The number of carboxylic acids is 2. The highest BCUT2D eigenvalue weighted by molar-refractivity contribution is 5.66. The van der Waals surface area contributed by atoms with Crippen molar-refractivity contribution in [3.05, 3.63) is 0 Å². The summed E-state index contributed by atoms with van der Waals surface area (Å²) in [7, 11) is 0. The third-order valence-electron chi connectivity index (χ3n) is 2.69. The Hall–Kier alpha value is -1.18. The molecule has 0 amide bonds. The van der Waals surface area contributed by atoms with Crippen molar-refractivity contribution in [2.75, 3.05) is 19.8 Å². The van der Waals surface area contributed by atoms with Crippen LogP contribution in [-0.4, -0.2) is 57.8 Å². The largest absolute Gasteiger partial charge is 0.481 e. The molecule has 7 heteroatoms. The molecule has 1 saturated heterocycles. The molecule has 0 saturated carbocycles. The Labute approximate surface area is 125 Å². The van der Waals surface area contributed by atoms with E-state index in [4.69, 9.17) is 25.2 Å². The van der Waals surface area contributed by atoms with Crippen LogP contribution in [0.15, 0.2) is 0 Å². The molecule has 4 N–H and O–H groups in total. The van der Waals surface area contributed by atoms with Gasteiger partial charge in [0.25, 0.3) is 0 Å². The average Bonchev–Trinajstić information content (AvgIpc) is 2.89. The maximum absolute atomic E-state index is 9.60. The van der Waals surface area contributed by atoms with Crippen LogP contribution in [0.3, 0.4) is 0 Å². The molecule has 0 radical (unpaired) electrons. The summed E-state index contributed by atoms with van der Waals surface area (Å²) in [6.45, 7) is 4.22. The molecular weight excluding hydrogens is 280 g/mol. The minimum atomic E-state index is -0.711. The van der Waals surface area contributed by atoms with Gasteiger partial charge in [0.15, 0.2) is 0 Å². The van der Waals surface area contributed by atoms with Crippen molar-refractivity contribution in [1.29, 1.82) is 0 Å². The Kier molecular flexibility index (Phi) is 14.5. The van der Waals surface area contributed by atoms with E-state index in [0.29, 0.717) is 19.4 Å². The highest BCUT2D eigenvalue weighted by Crippen LogP contribution is 2.23. The number of ether oxygens (including phenoxy) is 1. The van der Waals surface area contributed by atoms with Gasteiger partial charge >= 0.3 is 11.9 Å². The lowest BCUT2D eigenvalue weighted by Gasteiger charge is -2.22. The first-order chi connectivity index (χ1) is 9.87. The topological polar surface area (TPSA) is 124 Å².